The first-order chi connectivity index (χ1) is 44.2. The predicted molar refractivity (Wildman–Crippen MR) is 358 cm³/mol. The van der Waals surface area contributed by atoms with Crippen molar-refractivity contribution in [3.05, 3.63) is 260 Å². The first kappa shape index (κ1) is 73.9. The van der Waals surface area contributed by atoms with Gasteiger partial charge in [0, 0.05) is 58.9 Å². The molecule has 23 heteroatoms. The van der Waals surface area contributed by atoms with Crippen LogP contribution >= 0.6 is 0 Å². The molecule has 0 aliphatic heterocycles. The number of allylic oxidation sites excluding steroid dienone is 2. The van der Waals surface area contributed by atoms with Crippen molar-refractivity contribution in [3.8, 4) is 17.4 Å². The first-order valence-electron chi connectivity index (χ1n) is 28.1. The maximum Gasteiger partial charge on any atom is 0.274 e. The van der Waals surface area contributed by atoms with E-state index in [2.05, 4.69) is 36.3 Å². The number of hydrogen-bond acceptors (Lipinski definition) is 19. The van der Waals surface area contributed by atoms with Gasteiger partial charge >= 0.3 is 0 Å². The zero-order valence-corrected chi connectivity index (χ0v) is 52.3. The van der Waals surface area contributed by atoms with Crippen LogP contribution in [0.4, 0.5) is 23.0 Å². The van der Waals surface area contributed by atoms with Gasteiger partial charge in [-0.1, -0.05) is 141 Å². The molecule has 0 aliphatic carbocycles. The number of nitrogens with zero attached hydrogens (tertiary/aromatic N) is 5. The lowest BCUT2D eigenvalue weighted by Gasteiger charge is -2.11. The number of aromatic nitrogens is 4. The molecule has 2 amide bonds. The fraction of sp³-hybridized carbons (Fsp3) is 0.171. The zero-order chi connectivity index (χ0) is 67.4. The topological polar surface area (TPSA) is 356 Å². The summed E-state index contributed by atoms with van der Waals surface area (Å²) in [5.41, 5.74) is 35.8. The van der Waals surface area contributed by atoms with Crippen molar-refractivity contribution in [2.24, 2.45) is 5.84 Å². The number of rotatable bonds is 19. The highest BCUT2D eigenvalue weighted by molar-refractivity contribution is 6.13. The minimum absolute atomic E-state index is 0. The molecule has 0 bridgehead atoms. The van der Waals surface area contributed by atoms with Gasteiger partial charge in [0.15, 0.2) is 23.1 Å². The van der Waals surface area contributed by atoms with E-state index >= 15 is 0 Å². The molecule has 0 fully saturated rings. The van der Waals surface area contributed by atoms with E-state index in [9.17, 15) is 33.6 Å². The first-order valence-corrected chi connectivity index (χ1v) is 28.1. The lowest BCUT2D eigenvalue weighted by molar-refractivity contribution is 0.0533. The highest BCUT2D eigenvalue weighted by Crippen LogP contribution is 2.26. The standard InChI is InChI=1S/2C19H18N4O3.C11H9NO.C10H14N2O2.C10H13NO2.CH4/c2*1-12-8-9-14(19(25)22-26-2)10-16(12)23-18(20)15(11-21-23)17(24)13-6-4-3-5-7-13;1-2-9(8-12)11(13)10-6-4-3-5-7-10;1-7-3-4-8(5-9(7)12-11)10(13)6-14-2;1-7-3-4-8(5-9(7)11)10(12)6-13-2;/h2*3-11H,20H2,1-2H3,(H,22,25);2-7H,1H3;3-5,12H,6,11H2,1-2H3;3-5H,6,11H2,1-2H3;1H4/b;;9-2-;;;. The van der Waals surface area contributed by atoms with Crippen LogP contribution in [0.25, 0.3) is 11.4 Å². The molecule has 0 radical (unpaired) electrons. The number of amides is 2. The molecule has 0 atom stereocenters. The molecule has 0 aliphatic rings. The Hall–Kier alpha value is -11.5. The number of hydrogen-bond donors (Lipinski definition) is 7. The molecule has 7 aromatic carbocycles. The lowest BCUT2D eigenvalue weighted by atomic mass is 10.0. The number of carbonyl (C=O) groups is 7. The van der Waals surface area contributed by atoms with E-state index in [1.54, 1.807) is 140 Å². The van der Waals surface area contributed by atoms with E-state index in [4.69, 9.17) is 37.8 Å². The second-order valence-electron chi connectivity index (χ2n) is 19.8. The normalized spacial score (nSPS) is 10.3. The Kier molecular flexibility index (Phi) is 29.3. The van der Waals surface area contributed by atoms with Gasteiger partial charge in [-0.2, -0.15) is 15.5 Å². The number of nitrogen functional groups attached to an aromatic ring is 4. The summed E-state index contributed by atoms with van der Waals surface area (Å²) in [6.45, 7) is 9.43. The summed E-state index contributed by atoms with van der Waals surface area (Å²) in [6.07, 6.45) is 4.40. The average Bonchev–Trinajstić information content (AvgIpc) is 1.73. The summed E-state index contributed by atoms with van der Waals surface area (Å²) in [6, 6.07) is 49.1. The van der Waals surface area contributed by atoms with E-state index < -0.39 is 0 Å². The molecular weight excluding hydrogens is 1180 g/mol. The van der Waals surface area contributed by atoms with Crippen molar-refractivity contribution >= 4 is 63.7 Å². The van der Waals surface area contributed by atoms with Crippen LogP contribution in [-0.4, -0.2) is 102 Å². The maximum absolute atomic E-state index is 12.6. The third kappa shape index (κ3) is 20.2. The van der Waals surface area contributed by atoms with Gasteiger partial charge in [-0.05, 0) is 93.3 Å². The fourth-order valence-corrected chi connectivity index (χ4v) is 8.39. The SMILES string of the molecule is C.C/C=C(/C#N)C(=O)c1ccccc1.COCC(=O)c1ccc(C)c(N)c1.COCC(=O)c1ccc(C)c(NN)c1.CONC(=O)c1ccc(C)c(-n2ncc(C(=O)c3ccccc3)c2N)c1.CONC(=O)c1ccc(C)c(-n2ncc(C(=O)c3ccccc3)c2N)c1. The Bertz CT molecular complexity index is 3960. The van der Waals surface area contributed by atoms with E-state index in [1.807, 2.05) is 64.1 Å². The van der Waals surface area contributed by atoms with Crippen LogP contribution in [0.3, 0.4) is 0 Å². The van der Waals surface area contributed by atoms with Gasteiger partial charge in [-0.15, -0.1) is 0 Å². The Balaban J connectivity index is 0.000000257. The molecule has 93 heavy (non-hydrogen) atoms. The fourth-order valence-electron chi connectivity index (χ4n) is 8.39. The number of benzene rings is 7. The van der Waals surface area contributed by atoms with Gasteiger partial charge in [0.05, 0.1) is 60.4 Å². The van der Waals surface area contributed by atoms with Crippen LogP contribution < -0.4 is 39.4 Å². The highest BCUT2D eigenvalue weighted by Gasteiger charge is 2.22. The number of anilines is 4. The van der Waals surface area contributed by atoms with Gasteiger partial charge < -0.3 is 32.1 Å². The Labute approximate surface area is 539 Å². The largest absolute Gasteiger partial charge is 0.398 e. The molecule has 0 unspecified atom stereocenters. The van der Waals surface area contributed by atoms with Gasteiger partial charge in [-0.3, -0.25) is 49.1 Å². The van der Waals surface area contributed by atoms with Gasteiger partial charge in [-0.25, -0.2) is 20.3 Å². The minimum atomic E-state index is -0.389. The number of nitriles is 1. The number of ketones is 5. The van der Waals surface area contributed by atoms with Crippen LogP contribution in [0, 0.1) is 39.0 Å². The van der Waals surface area contributed by atoms with Crippen molar-refractivity contribution in [1.82, 2.24) is 30.5 Å². The van der Waals surface area contributed by atoms with Crippen molar-refractivity contribution in [3.63, 3.8) is 0 Å². The van der Waals surface area contributed by atoms with E-state index in [0.29, 0.717) is 67.1 Å². The smallest absolute Gasteiger partial charge is 0.274 e. The summed E-state index contributed by atoms with van der Waals surface area (Å²) in [5.74, 6) is 4.22. The van der Waals surface area contributed by atoms with Crippen molar-refractivity contribution in [1.29, 1.82) is 5.26 Å². The van der Waals surface area contributed by atoms with Gasteiger partial charge in [0.1, 0.15) is 30.9 Å². The summed E-state index contributed by atoms with van der Waals surface area (Å²) in [4.78, 5) is 92.8. The number of nitrogens with one attached hydrogen (secondary N) is 3. The third-order valence-electron chi connectivity index (χ3n) is 13.5. The summed E-state index contributed by atoms with van der Waals surface area (Å²) in [5, 5.41) is 17.1. The third-order valence-corrected chi connectivity index (χ3v) is 13.5. The molecule has 0 saturated heterocycles. The Morgan fingerprint density at radius 1 is 0.505 bits per heavy atom. The Morgan fingerprint density at radius 2 is 0.882 bits per heavy atom. The molecular formula is C70H76N12O11. The van der Waals surface area contributed by atoms with Crippen LogP contribution in [0.2, 0.25) is 0 Å². The number of Topliss-reactive ketones (excluding diaryl/α,β-unsaturated/α-hetero) is 3. The molecule has 23 nitrogen and oxygen atoms in total. The monoisotopic (exact) mass is 1260 g/mol. The molecule has 11 N–H and O–H groups in total. The summed E-state index contributed by atoms with van der Waals surface area (Å²) >= 11 is 0. The van der Waals surface area contributed by atoms with Crippen molar-refractivity contribution in [2.75, 3.05) is 64.3 Å². The second-order valence-corrected chi connectivity index (χ2v) is 19.8. The molecule has 2 heterocycles. The number of carbonyl (C=O) groups excluding carboxylic acids is 7. The van der Waals surface area contributed by atoms with E-state index in [0.717, 1.165) is 27.9 Å². The molecule has 9 aromatic rings. The van der Waals surface area contributed by atoms with Crippen LogP contribution in [-0.2, 0) is 19.1 Å². The van der Waals surface area contributed by atoms with E-state index in [1.165, 1.54) is 56.3 Å². The second kappa shape index (κ2) is 36.8. The van der Waals surface area contributed by atoms with E-state index in [-0.39, 0.29) is 78.6 Å². The van der Waals surface area contributed by atoms with Gasteiger partial charge in [0.25, 0.3) is 11.8 Å². The highest BCUT2D eigenvalue weighted by atomic mass is 16.6. The van der Waals surface area contributed by atoms with Crippen LogP contribution in [0.1, 0.15) is 120 Å². The van der Waals surface area contributed by atoms with Crippen LogP contribution in [0.15, 0.2) is 188 Å². The quantitative estimate of drug-likeness (QED) is 0.00988. The van der Waals surface area contributed by atoms with Crippen molar-refractivity contribution in [2.45, 2.75) is 42.0 Å². The molecule has 0 saturated carbocycles. The zero-order valence-electron chi connectivity index (χ0n) is 52.3. The molecule has 482 valence electrons. The molecule has 9 rings (SSSR count). The number of hydroxylamine groups is 2. The number of methoxy groups -OCH3 is 2. The average molecular weight is 1260 g/mol. The Morgan fingerprint density at radius 3 is 1.25 bits per heavy atom. The van der Waals surface area contributed by atoms with Crippen LogP contribution in [0.5, 0.6) is 0 Å². The molecule has 2 aromatic heterocycles. The molecule has 0 spiro atoms. The van der Waals surface area contributed by atoms with Crippen molar-refractivity contribution < 1.29 is 52.7 Å². The summed E-state index contributed by atoms with van der Waals surface area (Å²) < 4.78 is 12.4. The minimum Gasteiger partial charge on any atom is -0.398 e. The number of aryl methyl sites for hydroxylation is 4. The number of nitrogens with two attached hydrogens (primary N) is 4. The predicted octanol–water partition coefficient (Wildman–Crippen LogP) is 10.1. The van der Waals surface area contributed by atoms with Gasteiger partial charge in [0.2, 0.25) is 5.78 Å². The summed E-state index contributed by atoms with van der Waals surface area (Å²) in [7, 11) is 5.71. The lowest BCUT2D eigenvalue weighted by Crippen LogP contribution is -2.22. The maximum atomic E-state index is 12.6. The number of ether oxygens (including phenoxy) is 2. The number of hydrazine groups is 1.